The zero-order valence-electron chi connectivity index (χ0n) is 31.3. The van der Waals surface area contributed by atoms with Crippen LogP contribution >= 0.6 is 0 Å². The Bertz CT molecular complexity index is 3400. The maximum Gasteiger partial charge on any atom is 0.0972 e. The van der Waals surface area contributed by atoms with Crippen molar-refractivity contribution in [3.8, 4) is 45.0 Å². The van der Waals surface area contributed by atoms with Crippen LogP contribution in [0.2, 0.25) is 0 Å². The second kappa shape index (κ2) is 12.9. The quantitative estimate of drug-likeness (QED) is 0.169. The van der Waals surface area contributed by atoms with E-state index in [2.05, 4.69) is 194 Å². The Morgan fingerprint density at radius 3 is 1.02 bits per heavy atom. The van der Waals surface area contributed by atoms with Crippen molar-refractivity contribution in [3.05, 3.63) is 194 Å². The zero-order valence-corrected chi connectivity index (χ0v) is 31.3. The largest absolute Gasteiger partial charge is 0.245 e. The van der Waals surface area contributed by atoms with Crippen LogP contribution in [0.15, 0.2) is 194 Å². The lowest BCUT2D eigenvalue weighted by molar-refractivity contribution is 1.37. The molecule has 58 heavy (non-hydrogen) atoms. The fourth-order valence-electron chi connectivity index (χ4n) is 8.62. The van der Waals surface area contributed by atoms with E-state index in [1.807, 2.05) is 0 Å². The molecule has 268 valence electrons. The SMILES string of the molecule is c1ccc2c(-c3ccc4ccc5ccc(-c6ccc7ccc(-c8ccc9ccc%10ccc(-c%11cccc%12ccccc%11%12)nc%10c9n8)cc7c6)nc5c4n3)cccc2c1. The van der Waals surface area contributed by atoms with Gasteiger partial charge in [-0.15, -0.1) is 0 Å². The molecule has 0 fully saturated rings. The Labute approximate surface area is 333 Å². The third-order valence-corrected chi connectivity index (χ3v) is 11.6. The first-order valence-electron chi connectivity index (χ1n) is 19.6. The molecule has 0 aliphatic carbocycles. The Morgan fingerprint density at radius 2 is 0.569 bits per heavy atom. The highest BCUT2D eigenvalue weighted by atomic mass is 14.8. The highest BCUT2D eigenvalue weighted by Crippen LogP contribution is 2.35. The summed E-state index contributed by atoms with van der Waals surface area (Å²) < 4.78 is 0. The lowest BCUT2D eigenvalue weighted by atomic mass is 9.99. The third-order valence-electron chi connectivity index (χ3n) is 11.6. The number of nitrogens with zero attached hydrogens (tertiary/aromatic N) is 4. The second-order valence-corrected chi connectivity index (χ2v) is 15.0. The van der Waals surface area contributed by atoms with E-state index in [1.165, 1.54) is 21.5 Å². The summed E-state index contributed by atoms with van der Waals surface area (Å²) >= 11 is 0. The van der Waals surface area contributed by atoms with Crippen LogP contribution in [-0.4, -0.2) is 19.9 Å². The van der Waals surface area contributed by atoms with Crippen molar-refractivity contribution in [2.24, 2.45) is 0 Å². The van der Waals surface area contributed by atoms with Gasteiger partial charge < -0.3 is 0 Å². The molecule has 4 heteroatoms. The number of benzene rings is 8. The Kier molecular flexibility index (Phi) is 7.20. The molecule has 12 aromatic rings. The van der Waals surface area contributed by atoms with E-state index < -0.39 is 0 Å². The van der Waals surface area contributed by atoms with Crippen LogP contribution in [0, 0.1) is 0 Å². The number of hydrogen-bond acceptors (Lipinski definition) is 4. The molecular weight excluding hydrogens is 705 g/mol. The highest BCUT2D eigenvalue weighted by Gasteiger charge is 2.13. The number of pyridine rings is 4. The molecule has 0 saturated heterocycles. The number of aromatic nitrogens is 4. The summed E-state index contributed by atoms with van der Waals surface area (Å²) in [6.07, 6.45) is 0. The second-order valence-electron chi connectivity index (χ2n) is 15.0. The van der Waals surface area contributed by atoms with E-state index in [0.717, 1.165) is 99.4 Å². The molecule has 0 aliphatic heterocycles. The predicted molar refractivity (Wildman–Crippen MR) is 242 cm³/mol. The van der Waals surface area contributed by atoms with E-state index in [4.69, 9.17) is 19.9 Å². The van der Waals surface area contributed by atoms with E-state index in [-0.39, 0.29) is 0 Å². The molecule has 4 aromatic heterocycles. The van der Waals surface area contributed by atoms with Crippen molar-refractivity contribution in [1.29, 1.82) is 0 Å². The maximum absolute atomic E-state index is 5.29. The molecule has 0 spiro atoms. The normalized spacial score (nSPS) is 11.8. The summed E-state index contributed by atoms with van der Waals surface area (Å²) in [5.41, 5.74) is 11.7. The summed E-state index contributed by atoms with van der Waals surface area (Å²) in [6.45, 7) is 0. The Morgan fingerprint density at radius 1 is 0.224 bits per heavy atom. The van der Waals surface area contributed by atoms with Gasteiger partial charge in [0.1, 0.15) is 0 Å². The summed E-state index contributed by atoms with van der Waals surface area (Å²) in [5.74, 6) is 0. The van der Waals surface area contributed by atoms with Gasteiger partial charge in [-0.1, -0.05) is 158 Å². The average Bonchev–Trinajstić information content (AvgIpc) is 3.30. The van der Waals surface area contributed by atoms with Crippen molar-refractivity contribution >= 4 is 75.9 Å². The fourth-order valence-corrected chi connectivity index (χ4v) is 8.62. The molecule has 0 N–H and O–H groups in total. The van der Waals surface area contributed by atoms with Crippen LogP contribution < -0.4 is 0 Å². The van der Waals surface area contributed by atoms with Gasteiger partial charge in [-0.25, -0.2) is 19.9 Å². The molecule has 0 unspecified atom stereocenters. The van der Waals surface area contributed by atoms with Crippen LogP contribution in [0.4, 0.5) is 0 Å². The molecule has 0 aliphatic rings. The van der Waals surface area contributed by atoms with Gasteiger partial charge in [-0.3, -0.25) is 0 Å². The van der Waals surface area contributed by atoms with Gasteiger partial charge in [0.25, 0.3) is 0 Å². The molecule has 0 atom stereocenters. The Balaban J connectivity index is 0.945. The molecule has 4 heterocycles. The lowest BCUT2D eigenvalue weighted by Crippen LogP contribution is -1.92. The smallest absolute Gasteiger partial charge is 0.0972 e. The molecule has 12 rings (SSSR count). The molecule has 0 radical (unpaired) electrons. The van der Waals surface area contributed by atoms with Crippen LogP contribution in [0.5, 0.6) is 0 Å². The van der Waals surface area contributed by atoms with Crippen LogP contribution in [0.3, 0.4) is 0 Å². The van der Waals surface area contributed by atoms with E-state index in [9.17, 15) is 0 Å². The van der Waals surface area contributed by atoms with Gasteiger partial charge >= 0.3 is 0 Å². The standard InChI is InChI=1S/C54H32N4/c1-3-11-43-34(7-1)9-5-13-45(43)49-29-25-38-19-17-36-23-27-47(55-51(36)53(38)57-49)40-21-15-33-16-22-41(32-42(33)31-40)48-28-24-37-18-20-39-26-30-50(58-54(39)52(37)56-48)46-14-6-10-35-8-2-4-12-44(35)46/h1-32H. The fraction of sp³-hybridized carbons (Fsp3) is 0. The van der Waals surface area contributed by atoms with Crippen molar-refractivity contribution in [1.82, 2.24) is 19.9 Å². The van der Waals surface area contributed by atoms with E-state index in [1.54, 1.807) is 0 Å². The first kappa shape index (κ1) is 32.4. The predicted octanol–water partition coefficient (Wildman–Crippen LogP) is 14.0. The number of rotatable bonds is 4. The minimum atomic E-state index is 0.899. The van der Waals surface area contributed by atoms with Crippen molar-refractivity contribution in [3.63, 3.8) is 0 Å². The van der Waals surface area contributed by atoms with Crippen LogP contribution in [0.25, 0.3) is 121 Å². The van der Waals surface area contributed by atoms with Gasteiger partial charge in [0.05, 0.1) is 44.8 Å². The van der Waals surface area contributed by atoms with Crippen LogP contribution in [0.1, 0.15) is 0 Å². The molecular formula is C54H32N4. The van der Waals surface area contributed by atoms with Gasteiger partial charge in [0.15, 0.2) is 0 Å². The lowest BCUT2D eigenvalue weighted by Gasteiger charge is -2.11. The molecule has 0 saturated carbocycles. The molecule has 0 amide bonds. The minimum Gasteiger partial charge on any atom is -0.245 e. The van der Waals surface area contributed by atoms with Gasteiger partial charge in [-0.05, 0) is 68.7 Å². The summed E-state index contributed by atoms with van der Waals surface area (Å²) in [5, 5.41) is 11.3. The highest BCUT2D eigenvalue weighted by molar-refractivity contribution is 6.07. The van der Waals surface area contributed by atoms with Gasteiger partial charge in [0, 0.05) is 43.8 Å². The van der Waals surface area contributed by atoms with Gasteiger partial charge in [0.2, 0.25) is 0 Å². The topological polar surface area (TPSA) is 51.6 Å². The first-order chi connectivity index (χ1) is 28.7. The molecule has 0 bridgehead atoms. The summed E-state index contributed by atoms with van der Waals surface area (Å²) in [7, 11) is 0. The van der Waals surface area contributed by atoms with Crippen LogP contribution in [-0.2, 0) is 0 Å². The van der Waals surface area contributed by atoms with Gasteiger partial charge in [-0.2, -0.15) is 0 Å². The van der Waals surface area contributed by atoms with E-state index >= 15 is 0 Å². The summed E-state index contributed by atoms with van der Waals surface area (Å²) in [4.78, 5) is 21.1. The number of fused-ring (bicyclic) bond motifs is 9. The Hall–Kier alpha value is -7.82. The monoisotopic (exact) mass is 736 g/mol. The minimum absolute atomic E-state index is 0.899. The maximum atomic E-state index is 5.29. The summed E-state index contributed by atoms with van der Waals surface area (Å²) in [6, 6.07) is 68.6. The van der Waals surface area contributed by atoms with Crippen molar-refractivity contribution in [2.75, 3.05) is 0 Å². The molecule has 8 aromatic carbocycles. The van der Waals surface area contributed by atoms with E-state index in [0.29, 0.717) is 0 Å². The zero-order chi connectivity index (χ0) is 38.2. The van der Waals surface area contributed by atoms with Crippen molar-refractivity contribution < 1.29 is 0 Å². The molecule has 4 nitrogen and oxygen atoms in total. The van der Waals surface area contributed by atoms with Crippen molar-refractivity contribution in [2.45, 2.75) is 0 Å². The average molecular weight is 737 g/mol. The first-order valence-corrected chi connectivity index (χ1v) is 19.6. The third kappa shape index (κ3) is 5.31. The number of hydrogen-bond donors (Lipinski definition) is 0.